The van der Waals surface area contributed by atoms with Crippen molar-refractivity contribution in [3.63, 3.8) is 0 Å². The molecule has 0 aromatic heterocycles. The van der Waals surface area contributed by atoms with Crippen LogP contribution in [0, 0.1) is 0 Å². The van der Waals surface area contributed by atoms with Gasteiger partial charge in [0, 0.05) is 19.5 Å². The lowest BCUT2D eigenvalue weighted by molar-refractivity contribution is -0.133. The first-order valence-electron chi connectivity index (χ1n) is 4.76. The Bertz CT molecular complexity index is 206. The van der Waals surface area contributed by atoms with E-state index in [1.807, 2.05) is 4.90 Å². The number of thiocarbonyl (C=S) groups is 1. The van der Waals surface area contributed by atoms with E-state index in [-0.39, 0.29) is 5.91 Å². The highest BCUT2D eigenvalue weighted by atomic mass is 32.1. The van der Waals surface area contributed by atoms with Crippen molar-refractivity contribution in [3.8, 4) is 0 Å². The Hall–Kier alpha value is -0.640. The Morgan fingerprint density at radius 2 is 2.31 bits per heavy atom. The topological polar surface area (TPSA) is 46.3 Å². The first kappa shape index (κ1) is 10.4. The van der Waals surface area contributed by atoms with Gasteiger partial charge in [-0.05, 0) is 25.7 Å². The van der Waals surface area contributed by atoms with Crippen molar-refractivity contribution in [1.29, 1.82) is 0 Å². The van der Waals surface area contributed by atoms with Crippen LogP contribution in [0.25, 0.3) is 0 Å². The van der Waals surface area contributed by atoms with Crippen LogP contribution in [-0.2, 0) is 4.79 Å². The molecule has 0 aliphatic carbocycles. The van der Waals surface area contributed by atoms with Crippen LogP contribution in [-0.4, -0.2) is 28.9 Å². The molecule has 13 heavy (non-hydrogen) atoms. The molecule has 0 unspecified atom stereocenters. The highest BCUT2D eigenvalue weighted by Crippen LogP contribution is 2.10. The molecule has 3 nitrogen and oxygen atoms in total. The number of likely N-dealkylation sites (tertiary alicyclic amines) is 1. The number of carbonyl (C=O) groups excluding carboxylic acids is 1. The molecule has 1 saturated heterocycles. The number of amides is 1. The number of carbonyl (C=O) groups is 1. The number of piperidine rings is 1. The number of nitrogens with zero attached hydrogens (tertiary/aromatic N) is 1. The molecular weight excluding hydrogens is 184 g/mol. The largest absolute Gasteiger partial charge is 0.393 e. The van der Waals surface area contributed by atoms with E-state index in [2.05, 4.69) is 0 Å². The van der Waals surface area contributed by atoms with E-state index in [0.29, 0.717) is 11.4 Å². The van der Waals surface area contributed by atoms with Crippen molar-refractivity contribution in [2.45, 2.75) is 32.1 Å². The van der Waals surface area contributed by atoms with Gasteiger partial charge in [-0.2, -0.15) is 0 Å². The predicted octanol–water partition coefficient (Wildman–Crippen LogP) is 1.07. The highest BCUT2D eigenvalue weighted by molar-refractivity contribution is 7.80. The van der Waals surface area contributed by atoms with Crippen molar-refractivity contribution >= 4 is 23.1 Å². The highest BCUT2D eigenvalue weighted by Gasteiger charge is 2.16. The van der Waals surface area contributed by atoms with E-state index in [4.69, 9.17) is 18.0 Å². The van der Waals surface area contributed by atoms with Gasteiger partial charge in [-0.15, -0.1) is 0 Å². The van der Waals surface area contributed by atoms with Gasteiger partial charge < -0.3 is 10.6 Å². The zero-order chi connectivity index (χ0) is 9.68. The monoisotopic (exact) mass is 200 g/mol. The molecule has 1 aliphatic heterocycles. The fraction of sp³-hybridized carbons (Fsp3) is 0.778. The molecule has 0 aromatic rings. The summed E-state index contributed by atoms with van der Waals surface area (Å²) in [5, 5.41) is 0. The predicted molar refractivity (Wildman–Crippen MR) is 56.5 cm³/mol. The summed E-state index contributed by atoms with van der Waals surface area (Å²) >= 11 is 4.77. The van der Waals surface area contributed by atoms with Crippen LogP contribution in [0.2, 0.25) is 0 Å². The minimum atomic E-state index is 0.286. The summed E-state index contributed by atoms with van der Waals surface area (Å²) in [6.07, 6.45) is 4.55. The second kappa shape index (κ2) is 5.17. The third-order valence-electron chi connectivity index (χ3n) is 2.27. The standard InChI is InChI=1S/C9H16N2OS/c10-8(13)4-3-7-11-6-2-1-5-9(11)12/h1-7H2,(H2,10,13). The van der Waals surface area contributed by atoms with Gasteiger partial charge >= 0.3 is 0 Å². The molecule has 1 fully saturated rings. The van der Waals surface area contributed by atoms with E-state index in [1.165, 1.54) is 0 Å². The fourth-order valence-corrected chi connectivity index (χ4v) is 1.69. The summed E-state index contributed by atoms with van der Waals surface area (Å²) < 4.78 is 0. The summed E-state index contributed by atoms with van der Waals surface area (Å²) in [5.41, 5.74) is 5.37. The van der Waals surface area contributed by atoms with Crippen LogP contribution >= 0.6 is 12.2 Å². The molecule has 1 amide bonds. The Morgan fingerprint density at radius 3 is 2.92 bits per heavy atom. The van der Waals surface area contributed by atoms with Gasteiger partial charge in [0.25, 0.3) is 0 Å². The maximum atomic E-state index is 11.3. The lowest BCUT2D eigenvalue weighted by Crippen LogP contribution is -2.36. The number of nitrogens with two attached hydrogens (primary N) is 1. The third-order valence-corrected chi connectivity index (χ3v) is 2.48. The van der Waals surface area contributed by atoms with Crippen LogP contribution < -0.4 is 5.73 Å². The van der Waals surface area contributed by atoms with Crippen molar-refractivity contribution in [1.82, 2.24) is 4.90 Å². The summed E-state index contributed by atoms with van der Waals surface area (Å²) in [5.74, 6) is 0.286. The van der Waals surface area contributed by atoms with E-state index >= 15 is 0 Å². The van der Waals surface area contributed by atoms with E-state index in [9.17, 15) is 4.79 Å². The van der Waals surface area contributed by atoms with Crippen LogP contribution in [0.1, 0.15) is 32.1 Å². The number of hydrogen-bond acceptors (Lipinski definition) is 2. The molecule has 0 radical (unpaired) electrons. The molecular formula is C9H16N2OS. The van der Waals surface area contributed by atoms with Crippen LogP contribution in [0.5, 0.6) is 0 Å². The normalized spacial score (nSPS) is 17.5. The van der Waals surface area contributed by atoms with Crippen molar-refractivity contribution in [2.24, 2.45) is 5.73 Å². The van der Waals surface area contributed by atoms with Crippen molar-refractivity contribution < 1.29 is 4.79 Å². The maximum absolute atomic E-state index is 11.3. The fourth-order valence-electron chi connectivity index (χ4n) is 1.54. The molecule has 1 aliphatic rings. The summed E-state index contributed by atoms with van der Waals surface area (Å²) in [6, 6.07) is 0. The minimum Gasteiger partial charge on any atom is -0.393 e. The lowest BCUT2D eigenvalue weighted by atomic mass is 10.1. The van der Waals surface area contributed by atoms with Gasteiger partial charge in [0.1, 0.15) is 0 Å². The van der Waals surface area contributed by atoms with Gasteiger partial charge in [-0.1, -0.05) is 12.2 Å². The minimum absolute atomic E-state index is 0.286. The van der Waals surface area contributed by atoms with Gasteiger partial charge in [-0.3, -0.25) is 4.79 Å². The Morgan fingerprint density at radius 1 is 1.54 bits per heavy atom. The number of rotatable bonds is 4. The second-order valence-corrected chi connectivity index (χ2v) is 3.93. The molecule has 4 heteroatoms. The summed E-state index contributed by atoms with van der Waals surface area (Å²) in [7, 11) is 0. The molecule has 1 heterocycles. The first-order chi connectivity index (χ1) is 6.20. The third kappa shape index (κ3) is 3.72. The lowest BCUT2D eigenvalue weighted by Gasteiger charge is -2.26. The van der Waals surface area contributed by atoms with E-state index in [1.54, 1.807) is 0 Å². The molecule has 0 saturated carbocycles. The zero-order valence-corrected chi connectivity index (χ0v) is 8.61. The zero-order valence-electron chi connectivity index (χ0n) is 7.79. The average Bonchev–Trinajstić information content (AvgIpc) is 2.08. The van der Waals surface area contributed by atoms with Gasteiger partial charge in [-0.25, -0.2) is 0 Å². The second-order valence-electron chi connectivity index (χ2n) is 3.41. The molecule has 0 spiro atoms. The molecule has 0 aromatic carbocycles. The molecule has 2 N–H and O–H groups in total. The summed E-state index contributed by atoms with van der Waals surface area (Å²) in [6.45, 7) is 1.73. The molecule has 0 atom stereocenters. The molecule has 74 valence electrons. The Kier molecular flexibility index (Phi) is 4.15. The van der Waals surface area contributed by atoms with Crippen LogP contribution in [0.15, 0.2) is 0 Å². The quantitative estimate of drug-likeness (QED) is 0.690. The van der Waals surface area contributed by atoms with Gasteiger partial charge in [0.05, 0.1) is 4.99 Å². The van der Waals surface area contributed by atoms with Crippen LogP contribution in [0.3, 0.4) is 0 Å². The molecule has 1 rings (SSSR count). The van der Waals surface area contributed by atoms with Crippen molar-refractivity contribution in [3.05, 3.63) is 0 Å². The Labute approximate surface area is 84.3 Å². The van der Waals surface area contributed by atoms with E-state index in [0.717, 1.165) is 38.8 Å². The first-order valence-corrected chi connectivity index (χ1v) is 5.17. The average molecular weight is 200 g/mol. The van der Waals surface area contributed by atoms with Crippen LogP contribution in [0.4, 0.5) is 0 Å². The maximum Gasteiger partial charge on any atom is 0.222 e. The number of hydrogen-bond donors (Lipinski definition) is 1. The SMILES string of the molecule is NC(=S)CCCN1CCCCC1=O. The van der Waals surface area contributed by atoms with Gasteiger partial charge in [0.15, 0.2) is 0 Å². The molecule has 0 bridgehead atoms. The smallest absolute Gasteiger partial charge is 0.222 e. The van der Waals surface area contributed by atoms with Gasteiger partial charge in [0.2, 0.25) is 5.91 Å². The summed E-state index contributed by atoms with van der Waals surface area (Å²) in [4.78, 5) is 13.8. The van der Waals surface area contributed by atoms with E-state index < -0.39 is 0 Å². The van der Waals surface area contributed by atoms with Crippen molar-refractivity contribution in [2.75, 3.05) is 13.1 Å². The Balaban J connectivity index is 2.19.